The van der Waals surface area contributed by atoms with Gasteiger partial charge in [-0.05, 0) is 37.6 Å². The number of nitrogens with one attached hydrogen (secondary N) is 1. The molecule has 144 valence electrons. The monoisotopic (exact) mass is 371 g/mol. The number of carbonyl (C=O) groups is 1. The zero-order valence-electron chi connectivity index (χ0n) is 15.9. The fourth-order valence-corrected chi connectivity index (χ4v) is 2.80. The number of ether oxygens (including phenoxy) is 4. The van der Waals surface area contributed by atoms with Crippen LogP contribution in [0.5, 0.6) is 23.0 Å². The van der Waals surface area contributed by atoms with E-state index in [-0.39, 0.29) is 5.91 Å². The summed E-state index contributed by atoms with van der Waals surface area (Å²) in [4.78, 5) is 12.9. The Bertz CT molecular complexity index is 792. The molecule has 1 aliphatic heterocycles. The van der Waals surface area contributed by atoms with Gasteiger partial charge in [-0.2, -0.15) is 0 Å². The van der Waals surface area contributed by atoms with Crippen molar-refractivity contribution in [3.63, 3.8) is 0 Å². The van der Waals surface area contributed by atoms with Crippen molar-refractivity contribution in [2.45, 2.75) is 38.9 Å². The zero-order chi connectivity index (χ0) is 19.2. The molecule has 0 aliphatic carbocycles. The van der Waals surface area contributed by atoms with Gasteiger partial charge in [0.1, 0.15) is 17.6 Å². The van der Waals surface area contributed by atoms with E-state index in [1.165, 1.54) is 0 Å². The van der Waals surface area contributed by atoms with Gasteiger partial charge in [-0.25, -0.2) is 0 Å². The Hall–Kier alpha value is -2.89. The Morgan fingerprint density at radius 2 is 1.89 bits per heavy atom. The molecule has 0 aromatic heterocycles. The maximum absolute atomic E-state index is 12.9. The van der Waals surface area contributed by atoms with E-state index in [2.05, 4.69) is 12.2 Å². The molecular formula is C21H25NO5. The van der Waals surface area contributed by atoms with Gasteiger partial charge in [0, 0.05) is 6.07 Å². The largest absolute Gasteiger partial charge is 0.497 e. The van der Waals surface area contributed by atoms with Crippen LogP contribution >= 0.6 is 0 Å². The third-order valence-electron chi connectivity index (χ3n) is 4.30. The quantitative estimate of drug-likeness (QED) is 0.744. The van der Waals surface area contributed by atoms with E-state index < -0.39 is 12.2 Å². The van der Waals surface area contributed by atoms with Gasteiger partial charge < -0.3 is 24.3 Å². The molecule has 6 heteroatoms. The van der Waals surface area contributed by atoms with Crippen LogP contribution in [-0.4, -0.2) is 31.8 Å². The molecule has 2 aromatic rings. The number of hydrogen-bond acceptors (Lipinski definition) is 5. The number of methoxy groups -OCH3 is 1. The molecule has 1 aliphatic rings. The maximum atomic E-state index is 12.9. The Balaban J connectivity index is 1.76. The van der Waals surface area contributed by atoms with Gasteiger partial charge in [-0.3, -0.25) is 4.79 Å². The Morgan fingerprint density at radius 1 is 1.15 bits per heavy atom. The molecule has 0 radical (unpaired) electrons. The molecule has 1 N–H and O–H groups in total. The van der Waals surface area contributed by atoms with E-state index in [0.717, 1.165) is 12.8 Å². The van der Waals surface area contributed by atoms with E-state index in [1.807, 2.05) is 25.1 Å². The zero-order valence-corrected chi connectivity index (χ0v) is 15.9. The molecule has 27 heavy (non-hydrogen) atoms. The first kappa shape index (κ1) is 18.9. The lowest BCUT2D eigenvalue weighted by Crippen LogP contribution is -2.46. The fourth-order valence-electron chi connectivity index (χ4n) is 2.80. The number of benzene rings is 2. The normalized spacial score (nSPS) is 17.9. The van der Waals surface area contributed by atoms with Gasteiger partial charge in [-0.15, -0.1) is 0 Å². The summed E-state index contributed by atoms with van der Waals surface area (Å²) in [6, 6.07) is 12.6. The van der Waals surface area contributed by atoms with Crippen molar-refractivity contribution in [2.75, 3.05) is 19.0 Å². The van der Waals surface area contributed by atoms with Crippen LogP contribution < -0.4 is 24.3 Å². The van der Waals surface area contributed by atoms with Crippen molar-refractivity contribution < 1.29 is 23.7 Å². The number of anilines is 1. The third-order valence-corrected chi connectivity index (χ3v) is 4.30. The molecule has 1 amide bonds. The lowest BCUT2D eigenvalue weighted by molar-refractivity contribution is -0.128. The second kappa shape index (κ2) is 8.66. The summed E-state index contributed by atoms with van der Waals surface area (Å²) in [5, 5.41) is 2.89. The highest BCUT2D eigenvalue weighted by atomic mass is 16.6. The minimum Gasteiger partial charge on any atom is -0.497 e. The number of fused-ring (bicyclic) bond motifs is 1. The van der Waals surface area contributed by atoms with Crippen molar-refractivity contribution in [3.8, 4) is 23.0 Å². The number of rotatable bonds is 7. The fraction of sp³-hybridized carbons (Fsp3) is 0.381. The number of amides is 1. The second-order valence-corrected chi connectivity index (χ2v) is 6.36. The lowest BCUT2D eigenvalue weighted by atomic mass is 10.1. The van der Waals surface area contributed by atoms with Gasteiger partial charge in [0.2, 0.25) is 6.10 Å². The molecule has 0 fully saturated rings. The summed E-state index contributed by atoms with van der Waals surface area (Å²) < 4.78 is 22.8. The third kappa shape index (κ3) is 4.45. The van der Waals surface area contributed by atoms with Crippen LogP contribution in [0.15, 0.2) is 42.5 Å². The van der Waals surface area contributed by atoms with Crippen LogP contribution in [0.3, 0.4) is 0 Å². The first-order valence-electron chi connectivity index (χ1n) is 9.16. The topological polar surface area (TPSA) is 66.0 Å². The summed E-state index contributed by atoms with van der Waals surface area (Å²) in [7, 11) is 1.58. The SMILES string of the molecule is CCCCOc1ccc(OC)cc1NC(=O)C1Oc2ccccc2OC1C. The first-order chi connectivity index (χ1) is 13.1. The van der Waals surface area contributed by atoms with E-state index in [1.54, 1.807) is 31.4 Å². The average molecular weight is 371 g/mol. The van der Waals surface area contributed by atoms with Crippen molar-refractivity contribution in [3.05, 3.63) is 42.5 Å². The van der Waals surface area contributed by atoms with Crippen LogP contribution in [0.25, 0.3) is 0 Å². The molecule has 0 saturated carbocycles. The second-order valence-electron chi connectivity index (χ2n) is 6.36. The van der Waals surface area contributed by atoms with E-state index in [9.17, 15) is 4.79 Å². The van der Waals surface area contributed by atoms with Crippen LogP contribution in [0, 0.1) is 0 Å². The molecule has 1 heterocycles. The molecule has 2 unspecified atom stereocenters. The Kier molecular flexibility index (Phi) is 6.06. The highest BCUT2D eigenvalue weighted by Crippen LogP contribution is 2.35. The van der Waals surface area contributed by atoms with E-state index >= 15 is 0 Å². The molecule has 0 bridgehead atoms. The lowest BCUT2D eigenvalue weighted by Gasteiger charge is -2.31. The molecule has 6 nitrogen and oxygen atoms in total. The molecular weight excluding hydrogens is 346 g/mol. The first-order valence-corrected chi connectivity index (χ1v) is 9.16. The van der Waals surface area contributed by atoms with Gasteiger partial charge >= 0.3 is 0 Å². The van der Waals surface area contributed by atoms with Gasteiger partial charge in [0.05, 0.1) is 19.4 Å². The van der Waals surface area contributed by atoms with Crippen molar-refractivity contribution in [2.24, 2.45) is 0 Å². The molecule has 2 atom stereocenters. The molecule has 0 saturated heterocycles. The summed E-state index contributed by atoms with van der Waals surface area (Å²) >= 11 is 0. The van der Waals surface area contributed by atoms with Crippen molar-refractivity contribution >= 4 is 11.6 Å². The van der Waals surface area contributed by atoms with Crippen LogP contribution in [0.2, 0.25) is 0 Å². The number of para-hydroxylation sites is 2. The summed E-state index contributed by atoms with van der Waals surface area (Å²) in [5.41, 5.74) is 0.546. The van der Waals surface area contributed by atoms with Crippen molar-refractivity contribution in [1.82, 2.24) is 0 Å². The molecule has 0 spiro atoms. The summed E-state index contributed by atoms with van der Waals surface area (Å²) in [5.74, 6) is 2.13. The smallest absolute Gasteiger partial charge is 0.269 e. The minimum atomic E-state index is -0.769. The predicted molar refractivity (Wildman–Crippen MR) is 103 cm³/mol. The average Bonchev–Trinajstić information content (AvgIpc) is 2.68. The number of hydrogen-bond donors (Lipinski definition) is 1. The highest BCUT2D eigenvalue weighted by Gasteiger charge is 2.34. The summed E-state index contributed by atoms with van der Waals surface area (Å²) in [6.07, 6.45) is 0.777. The van der Waals surface area contributed by atoms with Crippen LogP contribution in [0.1, 0.15) is 26.7 Å². The van der Waals surface area contributed by atoms with Gasteiger partial charge in [-0.1, -0.05) is 25.5 Å². The minimum absolute atomic E-state index is 0.300. The van der Waals surface area contributed by atoms with Crippen molar-refractivity contribution in [1.29, 1.82) is 0 Å². The predicted octanol–water partition coefficient (Wildman–Crippen LogP) is 4.04. The maximum Gasteiger partial charge on any atom is 0.269 e. The van der Waals surface area contributed by atoms with E-state index in [0.29, 0.717) is 35.3 Å². The summed E-state index contributed by atoms with van der Waals surface area (Å²) in [6.45, 7) is 4.49. The Labute approximate surface area is 159 Å². The Morgan fingerprint density at radius 3 is 2.59 bits per heavy atom. The molecule has 3 rings (SSSR count). The molecule has 2 aromatic carbocycles. The van der Waals surface area contributed by atoms with E-state index in [4.69, 9.17) is 18.9 Å². The van der Waals surface area contributed by atoms with Gasteiger partial charge in [0.25, 0.3) is 5.91 Å². The number of carbonyl (C=O) groups excluding carboxylic acids is 1. The standard InChI is InChI=1S/C21H25NO5/c1-4-5-12-25-17-11-10-15(24-3)13-16(17)22-21(23)20-14(2)26-18-8-6-7-9-19(18)27-20/h6-11,13-14,20H,4-5,12H2,1-3H3,(H,22,23). The van der Waals surface area contributed by atoms with Gasteiger partial charge in [0.15, 0.2) is 11.5 Å². The highest BCUT2D eigenvalue weighted by molar-refractivity contribution is 5.96. The number of unbranched alkanes of at least 4 members (excludes halogenated alkanes) is 1. The van der Waals surface area contributed by atoms with Crippen LogP contribution in [0.4, 0.5) is 5.69 Å². The van der Waals surface area contributed by atoms with Crippen LogP contribution in [-0.2, 0) is 4.79 Å².